The molecule has 0 spiro atoms. The third kappa shape index (κ3) is 7.19. The van der Waals surface area contributed by atoms with Crippen molar-refractivity contribution in [2.45, 2.75) is 79.1 Å². The molecule has 10 aromatic rings. The Balaban J connectivity index is 0.00000504. The molecule has 0 aliphatic carbocycles. The predicted octanol–water partition coefficient (Wildman–Crippen LogP) is 14.2. The smallest absolute Gasteiger partial charge is 0.509 e. The van der Waals surface area contributed by atoms with Gasteiger partial charge in [0.15, 0.2) is 0 Å². The molecule has 0 saturated heterocycles. The minimum Gasteiger partial charge on any atom is -0.509 e. The number of hydrogen-bond donors (Lipinski definition) is 0. The van der Waals surface area contributed by atoms with Crippen LogP contribution in [0.1, 0.15) is 77.9 Å². The molecule has 0 saturated carbocycles. The van der Waals surface area contributed by atoms with Gasteiger partial charge in [0, 0.05) is 51.3 Å². The van der Waals surface area contributed by atoms with Crippen molar-refractivity contribution in [3.63, 3.8) is 0 Å². The fourth-order valence-electron chi connectivity index (χ4n) is 9.38. The Kier molecular flexibility index (Phi) is 10.8. The molecular weight excluding hydrogens is 954 g/mol. The maximum Gasteiger partial charge on any atom is 2.00 e. The molecule has 0 fully saturated rings. The average molecular weight is 1010 g/mol. The Labute approximate surface area is 384 Å². The molecule has 0 radical (unpaired) electrons. The van der Waals surface area contributed by atoms with E-state index in [-0.39, 0.29) is 31.9 Å². The van der Waals surface area contributed by atoms with Gasteiger partial charge >= 0.3 is 21.1 Å². The van der Waals surface area contributed by atoms with Crippen LogP contribution in [0, 0.1) is 12.1 Å². The summed E-state index contributed by atoms with van der Waals surface area (Å²) in [5.41, 5.74) is 13.3. The van der Waals surface area contributed by atoms with Gasteiger partial charge in [-0.2, -0.15) is 17.2 Å². The molecule has 0 atom stereocenters. The molecule has 4 heterocycles. The van der Waals surface area contributed by atoms with E-state index in [1.807, 2.05) is 35.1 Å². The molecule has 0 bridgehead atoms. The van der Waals surface area contributed by atoms with Gasteiger partial charge in [0.2, 0.25) is 0 Å². The summed E-state index contributed by atoms with van der Waals surface area (Å²) in [6.45, 7) is 18.2. The number of para-hydroxylation sites is 3. The van der Waals surface area contributed by atoms with Crippen molar-refractivity contribution in [3.8, 4) is 39.8 Å². The van der Waals surface area contributed by atoms with Crippen molar-refractivity contribution in [2.75, 3.05) is 0 Å². The van der Waals surface area contributed by atoms with Crippen LogP contribution in [-0.4, -0.2) is 23.9 Å². The van der Waals surface area contributed by atoms with Crippen molar-refractivity contribution >= 4 is 43.6 Å². The van der Waals surface area contributed by atoms with Crippen LogP contribution in [-0.2, 0) is 44.7 Å². The second kappa shape index (κ2) is 16.2. The zero-order valence-electron chi connectivity index (χ0n) is 37.2. The van der Waals surface area contributed by atoms with Crippen LogP contribution in [0.5, 0.6) is 11.5 Å². The quantitative estimate of drug-likeness (QED) is 0.143. The van der Waals surface area contributed by atoms with Gasteiger partial charge in [0.1, 0.15) is 5.82 Å². The van der Waals surface area contributed by atoms with E-state index in [2.05, 4.69) is 186 Å². The van der Waals surface area contributed by atoms with Crippen LogP contribution >= 0.6 is 0 Å². The average Bonchev–Trinajstić information content (AvgIpc) is 3.93. The van der Waals surface area contributed by atoms with Gasteiger partial charge in [0.05, 0.1) is 22.4 Å². The summed E-state index contributed by atoms with van der Waals surface area (Å²) in [5, 5.41) is 9.82. The van der Waals surface area contributed by atoms with Gasteiger partial charge in [-0.25, -0.2) is 4.98 Å². The number of hydrogen-bond acceptors (Lipinski definition) is 3. The number of aromatic nitrogens is 5. The topological polar surface area (TPSA) is 49.8 Å². The Morgan fingerprint density at radius 1 is 0.587 bits per heavy atom. The number of fused-ring (bicyclic) bond motifs is 6. The first-order chi connectivity index (χ1) is 29.9. The summed E-state index contributed by atoms with van der Waals surface area (Å²) < 4.78 is 13.4. The Bertz CT molecular complexity index is 3250. The minimum absolute atomic E-state index is 0. The van der Waals surface area contributed by atoms with E-state index in [1.165, 1.54) is 44.1 Å². The van der Waals surface area contributed by atoms with Crippen molar-refractivity contribution in [2.24, 2.45) is 0 Å². The van der Waals surface area contributed by atoms with E-state index in [0.29, 0.717) is 11.5 Å². The van der Waals surface area contributed by atoms with Crippen molar-refractivity contribution in [1.82, 2.24) is 23.9 Å². The maximum absolute atomic E-state index is 6.64. The van der Waals surface area contributed by atoms with Gasteiger partial charge in [0.25, 0.3) is 0 Å². The first kappa shape index (κ1) is 42.1. The van der Waals surface area contributed by atoms with E-state index >= 15 is 0 Å². The number of ether oxygens (including phenoxy) is 1. The van der Waals surface area contributed by atoms with E-state index in [9.17, 15) is 0 Å². The summed E-state index contributed by atoms with van der Waals surface area (Å²) in [4.78, 5) is 5.08. The van der Waals surface area contributed by atoms with Gasteiger partial charge < -0.3 is 13.9 Å². The summed E-state index contributed by atoms with van der Waals surface area (Å²) in [6, 6.07) is 54.3. The third-order valence-electron chi connectivity index (χ3n) is 12.2. The first-order valence-corrected chi connectivity index (χ1v) is 21.8. The second-order valence-corrected chi connectivity index (χ2v) is 18.3. The van der Waals surface area contributed by atoms with Crippen LogP contribution in [0.15, 0.2) is 140 Å². The number of aryl methyl sites for hydroxylation is 1. The molecule has 0 aliphatic heterocycles. The third-order valence-corrected chi connectivity index (χ3v) is 12.2. The largest absolute Gasteiger partial charge is 2.00 e. The Morgan fingerprint density at radius 3 is 1.89 bits per heavy atom. The Morgan fingerprint density at radius 2 is 1.22 bits per heavy atom. The Hall–Kier alpha value is -6.23. The van der Waals surface area contributed by atoms with Crippen LogP contribution in [0.4, 0.5) is 0 Å². The number of pyridine rings is 1. The molecule has 4 aromatic heterocycles. The van der Waals surface area contributed by atoms with Crippen molar-refractivity contribution in [3.05, 3.63) is 174 Å². The number of nitrogens with zero attached hydrogens (tertiary/aromatic N) is 5. The summed E-state index contributed by atoms with van der Waals surface area (Å²) in [6.07, 6.45) is 3.60. The van der Waals surface area contributed by atoms with Gasteiger partial charge in [-0.15, -0.1) is 35.7 Å². The van der Waals surface area contributed by atoms with E-state index in [4.69, 9.17) is 14.8 Å². The number of rotatable bonds is 8. The molecule has 7 heteroatoms. The van der Waals surface area contributed by atoms with Crippen LogP contribution in [0.2, 0.25) is 0 Å². The molecule has 0 N–H and O–H groups in total. The molecular formula is C56H51N5OPt. The molecule has 6 aromatic carbocycles. The summed E-state index contributed by atoms with van der Waals surface area (Å²) in [5.74, 6) is 1.99. The van der Waals surface area contributed by atoms with E-state index in [0.717, 1.165) is 63.2 Å². The van der Waals surface area contributed by atoms with Crippen LogP contribution < -0.4 is 4.74 Å². The molecule has 0 unspecified atom stereocenters. The van der Waals surface area contributed by atoms with Crippen LogP contribution in [0.25, 0.3) is 71.9 Å². The molecule has 0 amide bonds. The van der Waals surface area contributed by atoms with Gasteiger partial charge in [-0.1, -0.05) is 146 Å². The molecule has 10 rings (SSSR count). The number of benzene rings is 6. The molecule has 0 aliphatic rings. The van der Waals surface area contributed by atoms with Crippen molar-refractivity contribution < 1.29 is 25.8 Å². The molecule has 316 valence electrons. The van der Waals surface area contributed by atoms with E-state index in [1.54, 1.807) is 0 Å². The van der Waals surface area contributed by atoms with Crippen LogP contribution in [0.3, 0.4) is 0 Å². The maximum atomic E-state index is 6.64. The van der Waals surface area contributed by atoms with Gasteiger partial charge in [-0.05, 0) is 63.6 Å². The standard InChI is InChI=1S/C56H51N5O.Pt/c1-9-47-52(36-19-12-11-13-20-36)48(10-2)61(58-47)38-21-16-22-39(33-38)62-40-29-30-42-41-23-14-15-28-49(41)60(50(42)35-40)51-34-37(31-32-57-51)59-53-43(24-17-26-45(53)55(3,4)5)44-25-18-27-46(54(44)59)56(6,7)8;/h11-32,34H,9-10H2,1-8H3;/q-2;+2. The normalized spacial score (nSPS) is 12.1. The zero-order valence-corrected chi connectivity index (χ0v) is 39.4. The molecule has 6 nitrogen and oxygen atoms in total. The SMILES string of the molecule is CCc1nn(-c2[c-]c(Oc3[c-]c4c(cc3)c3ccccc3n4-c3cc(-n4c5c(C(C)(C)C)cccc5c5cccc(C(C)(C)C)c54)ccn3)ccc2)c(CC)c1-c1ccccc1.[Pt+2]. The minimum atomic E-state index is -0.0846. The van der Waals surface area contributed by atoms with Gasteiger partial charge in [-0.3, -0.25) is 4.68 Å². The second-order valence-electron chi connectivity index (χ2n) is 18.3. The molecule has 63 heavy (non-hydrogen) atoms. The van der Waals surface area contributed by atoms with Crippen molar-refractivity contribution in [1.29, 1.82) is 0 Å². The monoisotopic (exact) mass is 1000 g/mol. The fourth-order valence-corrected chi connectivity index (χ4v) is 9.38. The van der Waals surface area contributed by atoms with E-state index < -0.39 is 0 Å². The first-order valence-electron chi connectivity index (χ1n) is 21.8. The summed E-state index contributed by atoms with van der Waals surface area (Å²) >= 11 is 0. The summed E-state index contributed by atoms with van der Waals surface area (Å²) in [7, 11) is 0. The predicted molar refractivity (Wildman–Crippen MR) is 256 cm³/mol. The fraction of sp³-hybridized carbons (Fsp3) is 0.214. The zero-order chi connectivity index (χ0) is 42.9.